The Hall–Kier alpha value is -1.35. The van der Waals surface area contributed by atoms with Crippen LogP contribution in [-0.4, -0.2) is 14.8 Å². The normalized spacial score (nSPS) is 10.5. The Morgan fingerprint density at radius 3 is 2.43 bits per heavy atom. The van der Waals surface area contributed by atoms with Gasteiger partial charge in [-0.15, -0.1) is 0 Å². The highest BCUT2D eigenvalue weighted by atomic mass is 35.5. The summed E-state index contributed by atoms with van der Waals surface area (Å²) in [5, 5.41) is 5.04. The van der Waals surface area contributed by atoms with Crippen molar-refractivity contribution in [2.75, 3.05) is 0 Å². The molecule has 4 heteroatoms. The smallest absolute Gasteiger partial charge is 0.111 e. The maximum absolute atomic E-state index is 6.14. The minimum atomic E-state index is 0.707. The van der Waals surface area contributed by atoms with E-state index in [1.54, 1.807) is 17.1 Å². The zero-order chi connectivity index (χ0) is 10.1. The Labute approximate surface area is 87.3 Å². The second-order valence-electron chi connectivity index (χ2n) is 3.11. The van der Waals surface area contributed by atoms with Crippen molar-refractivity contribution in [1.82, 2.24) is 14.8 Å². The van der Waals surface area contributed by atoms with Gasteiger partial charge in [0.05, 0.1) is 10.7 Å². The van der Waals surface area contributed by atoms with Crippen LogP contribution in [0.1, 0.15) is 5.69 Å². The predicted octanol–water partition coefficient (Wildman–Crippen LogP) is 2.44. The number of hydrogen-bond acceptors (Lipinski definition) is 2. The number of aryl methyl sites for hydroxylation is 1. The molecule has 3 nitrogen and oxygen atoms in total. The van der Waals surface area contributed by atoms with Gasteiger partial charge in [0, 0.05) is 25.0 Å². The van der Waals surface area contributed by atoms with E-state index in [9.17, 15) is 0 Å². The van der Waals surface area contributed by atoms with E-state index in [1.165, 1.54) is 0 Å². The molecule has 0 aliphatic heterocycles. The highest BCUT2D eigenvalue weighted by Crippen LogP contribution is 2.28. The van der Waals surface area contributed by atoms with E-state index >= 15 is 0 Å². The van der Waals surface area contributed by atoms with Crippen LogP contribution in [0.25, 0.3) is 11.3 Å². The molecule has 2 aromatic rings. The highest BCUT2D eigenvalue weighted by Gasteiger charge is 2.11. The quantitative estimate of drug-likeness (QED) is 0.719. The molecule has 0 aliphatic rings. The predicted molar refractivity (Wildman–Crippen MR) is 56.2 cm³/mol. The van der Waals surface area contributed by atoms with Crippen LogP contribution >= 0.6 is 11.6 Å². The second kappa shape index (κ2) is 3.42. The molecule has 0 saturated carbocycles. The number of pyridine rings is 1. The first-order chi connectivity index (χ1) is 6.70. The molecule has 0 amide bonds. The fourth-order valence-electron chi connectivity index (χ4n) is 1.28. The molecule has 2 aromatic heterocycles. The molecule has 0 bridgehead atoms. The molecule has 2 rings (SSSR count). The zero-order valence-corrected chi connectivity index (χ0v) is 8.78. The monoisotopic (exact) mass is 207 g/mol. The van der Waals surface area contributed by atoms with Crippen LogP contribution in [0.4, 0.5) is 0 Å². The van der Waals surface area contributed by atoms with Crippen LogP contribution in [0.3, 0.4) is 0 Å². The highest BCUT2D eigenvalue weighted by molar-refractivity contribution is 6.33. The van der Waals surface area contributed by atoms with Gasteiger partial charge < -0.3 is 0 Å². The molecule has 0 atom stereocenters. The van der Waals surface area contributed by atoms with Crippen LogP contribution in [0, 0.1) is 6.92 Å². The third kappa shape index (κ3) is 1.40. The van der Waals surface area contributed by atoms with Crippen molar-refractivity contribution in [3.8, 4) is 11.3 Å². The molecule has 0 unspecified atom stereocenters. The number of nitrogens with zero attached hydrogens (tertiary/aromatic N) is 3. The molecule has 0 aliphatic carbocycles. The summed E-state index contributed by atoms with van der Waals surface area (Å²) < 4.78 is 1.78. The van der Waals surface area contributed by atoms with Gasteiger partial charge in [0.15, 0.2) is 0 Å². The fraction of sp³-hybridized carbons (Fsp3) is 0.200. The van der Waals surface area contributed by atoms with Gasteiger partial charge in [0.25, 0.3) is 0 Å². The van der Waals surface area contributed by atoms with E-state index in [-0.39, 0.29) is 0 Å². The van der Waals surface area contributed by atoms with Crippen molar-refractivity contribution in [2.45, 2.75) is 6.92 Å². The summed E-state index contributed by atoms with van der Waals surface area (Å²) in [6.45, 7) is 1.94. The lowest BCUT2D eigenvalue weighted by molar-refractivity contribution is 0.743. The van der Waals surface area contributed by atoms with Crippen molar-refractivity contribution in [2.24, 2.45) is 7.05 Å². The molecule has 14 heavy (non-hydrogen) atoms. The van der Waals surface area contributed by atoms with E-state index in [2.05, 4.69) is 10.1 Å². The van der Waals surface area contributed by atoms with Crippen LogP contribution in [0.2, 0.25) is 5.02 Å². The first-order valence-corrected chi connectivity index (χ1v) is 4.67. The second-order valence-corrected chi connectivity index (χ2v) is 3.49. The summed E-state index contributed by atoms with van der Waals surface area (Å²) >= 11 is 6.14. The molecular formula is C10H10ClN3. The number of aromatic nitrogens is 3. The van der Waals surface area contributed by atoms with Gasteiger partial charge in [0.2, 0.25) is 0 Å². The molecule has 0 saturated heterocycles. The Morgan fingerprint density at radius 2 is 1.93 bits per heavy atom. The van der Waals surface area contributed by atoms with Gasteiger partial charge in [-0.1, -0.05) is 11.6 Å². The third-order valence-corrected chi connectivity index (χ3v) is 2.67. The summed E-state index contributed by atoms with van der Waals surface area (Å²) in [7, 11) is 1.88. The minimum absolute atomic E-state index is 0.707. The SMILES string of the molecule is Cc1c(Cl)c(-c2ccncc2)nn1C. The maximum Gasteiger partial charge on any atom is 0.111 e. The molecule has 0 fully saturated rings. The van der Waals surface area contributed by atoms with E-state index in [0.717, 1.165) is 17.0 Å². The van der Waals surface area contributed by atoms with Crippen molar-refractivity contribution < 1.29 is 0 Å². The van der Waals surface area contributed by atoms with Gasteiger partial charge in [-0.3, -0.25) is 9.67 Å². The Bertz CT molecular complexity index is 448. The molecular weight excluding hydrogens is 198 g/mol. The minimum Gasteiger partial charge on any atom is -0.271 e. The molecule has 2 heterocycles. The van der Waals surface area contributed by atoms with Crippen molar-refractivity contribution >= 4 is 11.6 Å². The van der Waals surface area contributed by atoms with E-state index in [1.807, 2.05) is 26.1 Å². The van der Waals surface area contributed by atoms with Gasteiger partial charge >= 0.3 is 0 Å². The maximum atomic E-state index is 6.14. The molecule has 0 aromatic carbocycles. The molecule has 0 spiro atoms. The number of hydrogen-bond donors (Lipinski definition) is 0. The summed E-state index contributed by atoms with van der Waals surface area (Å²) in [5.74, 6) is 0. The lowest BCUT2D eigenvalue weighted by Gasteiger charge is -1.94. The van der Waals surface area contributed by atoms with Gasteiger partial charge in [-0.2, -0.15) is 5.10 Å². The third-order valence-electron chi connectivity index (χ3n) is 2.21. The molecule has 0 radical (unpaired) electrons. The number of rotatable bonds is 1. The summed E-state index contributed by atoms with van der Waals surface area (Å²) in [6.07, 6.45) is 3.46. The lowest BCUT2D eigenvalue weighted by Crippen LogP contribution is -1.92. The summed E-state index contributed by atoms with van der Waals surface area (Å²) in [4.78, 5) is 3.95. The fourth-order valence-corrected chi connectivity index (χ4v) is 1.55. The van der Waals surface area contributed by atoms with Crippen LogP contribution in [0.5, 0.6) is 0 Å². The first-order valence-electron chi connectivity index (χ1n) is 4.29. The summed E-state index contributed by atoms with van der Waals surface area (Å²) in [5.41, 5.74) is 2.78. The first kappa shape index (κ1) is 9.21. The Balaban J connectivity index is 2.58. The van der Waals surface area contributed by atoms with E-state index in [0.29, 0.717) is 5.02 Å². The van der Waals surface area contributed by atoms with Crippen LogP contribution in [-0.2, 0) is 7.05 Å². The van der Waals surface area contributed by atoms with Crippen molar-refractivity contribution in [3.63, 3.8) is 0 Å². The van der Waals surface area contributed by atoms with Crippen LogP contribution in [0.15, 0.2) is 24.5 Å². The van der Waals surface area contributed by atoms with Gasteiger partial charge in [-0.05, 0) is 19.1 Å². The Kier molecular flexibility index (Phi) is 2.25. The van der Waals surface area contributed by atoms with E-state index in [4.69, 9.17) is 11.6 Å². The standard InChI is InChI=1S/C10H10ClN3/c1-7-9(11)10(13-14(7)2)8-3-5-12-6-4-8/h3-6H,1-2H3. The molecule has 0 N–H and O–H groups in total. The Morgan fingerprint density at radius 1 is 1.29 bits per heavy atom. The average Bonchev–Trinajstić information content (AvgIpc) is 2.47. The van der Waals surface area contributed by atoms with Crippen molar-refractivity contribution in [1.29, 1.82) is 0 Å². The zero-order valence-electron chi connectivity index (χ0n) is 8.03. The molecule has 72 valence electrons. The van der Waals surface area contributed by atoms with Gasteiger partial charge in [0.1, 0.15) is 5.69 Å². The lowest BCUT2D eigenvalue weighted by atomic mass is 10.2. The largest absolute Gasteiger partial charge is 0.271 e. The van der Waals surface area contributed by atoms with Gasteiger partial charge in [-0.25, -0.2) is 0 Å². The van der Waals surface area contributed by atoms with Crippen LogP contribution < -0.4 is 0 Å². The summed E-state index contributed by atoms with van der Waals surface area (Å²) in [6, 6.07) is 3.79. The van der Waals surface area contributed by atoms with E-state index < -0.39 is 0 Å². The number of halogens is 1. The topological polar surface area (TPSA) is 30.7 Å². The average molecular weight is 208 g/mol. The van der Waals surface area contributed by atoms with Crippen molar-refractivity contribution in [3.05, 3.63) is 35.2 Å².